The number of carbonyl (C=O) groups is 1. The molecule has 0 radical (unpaired) electrons. The van der Waals surface area contributed by atoms with Crippen molar-refractivity contribution in [3.05, 3.63) is 23.1 Å². The van der Waals surface area contributed by atoms with E-state index in [1.807, 2.05) is 0 Å². The lowest BCUT2D eigenvalue weighted by Gasteiger charge is -2.31. The van der Waals surface area contributed by atoms with Crippen molar-refractivity contribution >= 4 is 17.5 Å². The highest BCUT2D eigenvalue weighted by atomic mass is 35.5. The van der Waals surface area contributed by atoms with E-state index in [0.717, 1.165) is 12.8 Å². The quantitative estimate of drug-likeness (QED) is 0.824. The van der Waals surface area contributed by atoms with Crippen LogP contribution in [0.1, 0.15) is 23.4 Å². The van der Waals surface area contributed by atoms with Gasteiger partial charge < -0.3 is 14.8 Å². The van der Waals surface area contributed by atoms with Gasteiger partial charge in [0.2, 0.25) is 0 Å². The molecule has 1 aromatic heterocycles. The molecule has 1 aliphatic carbocycles. The van der Waals surface area contributed by atoms with Crippen molar-refractivity contribution in [1.29, 1.82) is 0 Å². The van der Waals surface area contributed by atoms with E-state index in [9.17, 15) is 4.79 Å². The second-order valence-corrected chi connectivity index (χ2v) is 4.18. The Labute approximate surface area is 92.2 Å². The molecule has 2 N–H and O–H groups in total. The average Bonchev–Trinajstić information content (AvgIpc) is 2.57. The van der Waals surface area contributed by atoms with Gasteiger partial charge in [0.15, 0.2) is 11.0 Å². The van der Waals surface area contributed by atoms with Gasteiger partial charge in [-0.2, -0.15) is 0 Å². The fourth-order valence-corrected chi connectivity index (χ4v) is 1.77. The van der Waals surface area contributed by atoms with Crippen LogP contribution in [0.3, 0.4) is 0 Å². The maximum atomic E-state index is 11.5. The molecular weight excluding hydrogens is 218 g/mol. The number of halogens is 1. The first-order valence-corrected chi connectivity index (χ1v) is 5.24. The SMILES string of the molecule is O=C(NCC1CC(O)C1)c1ccc(Cl)o1. The molecule has 0 aromatic carbocycles. The predicted molar refractivity (Wildman–Crippen MR) is 54.8 cm³/mol. The molecule has 4 nitrogen and oxygen atoms in total. The van der Waals surface area contributed by atoms with Gasteiger partial charge in [-0.05, 0) is 42.5 Å². The smallest absolute Gasteiger partial charge is 0.287 e. The Morgan fingerprint density at radius 1 is 1.60 bits per heavy atom. The van der Waals surface area contributed by atoms with Gasteiger partial charge in [0.1, 0.15) is 0 Å². The van der Waals surface area contributed by atoms with Crippen molar-refractivity contribution in [3.8, 4) is 0 Å². The number of furan rings is 1. The van der Waals surface area contributed by atoms with Crippen LogP contribution in [0.4, 0.5) is 0 Å². The molecule has 1 aliphatic rings. The minimum atomic E-state index is -0.261. The summed E-state index contributed by atoms with van der Waals surface area (Å²) >= 11 is 5.55. The first-order valence-electron chi connectivity index (χ1n) is 4.87. The van der Waals surface area contributed by atoms with E-state index < -0.39 is 0 Å². The number of rotatable bonds is 3. The zero-order chi connectivity index (χ0) is 10.8. The Morgan fingerprint density at radius 2 is 2.33 bits per heavy atom. The number of carbonyl (C=O) groups excluding carboxylic acids is 1. The molecule has 1 heterocycles. The van der Waals surface area contributed by atoms with Crippen LogP contribution < -0.4 is 5.32 Å². The highest BCUT2D eigenvalue weighted by molar-refractivity contribution is 6.29. The van der Waals surface area contributed by atoms with Gasteiger partial charge >= 0.3 is 0 Å². The summed E-state index contributed by atoms with van der Waals surface area (Å²) in [6.45, 7) is 0.578. The molecule has 0 spiro atoms. The Hall–Kier alpha value is -1.00. The molecule has 0 atom stereocenters. The van der Waals surface area contributed by atoms with E-state index in [4.69, 9.17) is 21.1 Å². The molecule has 1 amide bonds. The summed E-state index contributed by atoms with van der Waals surface area (Å²) in [6.07, 6.45) is 1.34. The number of aliphatic hydroxyl groups excluding tert-OH is 1. The summed E-state index contributed by atoms with van der Waals surface area (Å²) in [5.41, 5.74) is 0. The molecule has 82 valence electrons. The Bertz CT molecular complexity index is 357. The Balaban J connectivity index is 1.78. The van der Waals surface area contributed by atoms with Crippen molar-refractivity contribution in [3.63, 3.8) is 0 Å². The van der Waals surface area contributed by atoms with Crippen molar-refractivity contribution < 1.29 is 14.3 Å². The van der Waals surface area contributed by atoms with E-state index >= 15 is 0 Å². The Kier molecular flexibility index (Phi) is 2.98. The second-order valence-electron chi connectivity index (χ2n) is 3.81. The number of amides is 1. The van der Waals surface area contributed by atoms with Crippen LogP contribution in [0.5, 0.6) is 0 Å². The van der Waals surface area contributed by atoms with Crippen LogP contribution >= 0.6 is 11.6 Å². The van der Waals surface area contributed by atoms with Gasteiger partial charge in [-0.15, -0.1) is 0 Å². The first-order chi connectivity index (χ1) is 7.15. The molecule has 0 unspecified atom stereocenters. The summed E-state index contributed by atoms with van der Waals surface area (Å²) in [7, 11) is 0. The minimum absolute atomic E-state index is 0.190. The fraction of sp³-hybridized carbons (Fsp3) is 0.500. The van der Waals surface area contributed by atoms with Crippen molar-refractivity contribution in [2.75, 3.05) is 6.54 Å². The molecule has 0 saturated heterocycles. The summed E-state index contributed by atoms with van der Waals surface area (Å²) in [5, 5.41) is 12.0. The third kappa shape index (κ3) is 2.52. The lowest BCUT2D eigenvalue weighted by atomic mass is 9.82. The minimum Gasteiger partial charge on any atom is -0.440 e. The van der Waals surface area contributed by atoms with Gasteiger partial charge in [0.05, 0.1) is 6.10 Å². The highest BCUT2D eigenvalue weighted by Gasteiger charge is 2.27. The van der Waals surface area contributed by atoms with E-state index in [2.05, 4.69) is 5.32 Å². The third-order valence-corrected chi connectivity index (χ3v) is 2.76. The summed E-state index contributed by atoms with van der Waals surface area (Å²) in [5.74, 6) is 0.345. The third-order valence-electron chi connectivity index (χ3n) is 2.56. The van der Waals surface area contributed by atoms with Crippen LogP contribution in [0.25, 0.3) is 0 Å². The molecule has 1 fully saturated rings. The predicted octanol–water partition coefficient (Wildman–Crippen LogP) is 1.43. The van der Waals surface area contributed by atoms with Crippen molar-refractivity contribution in [1.82, 2.24) is 5.32 Å². The van der Waals surface area contributed by atoms with E-state index in [1.54, 1.807) is 0 Å². The van der Waals surface area contributed by atoms with E-state index in [0.29, 0.717) is 12.5 Å². The van der Waals surface area contributed by atoms with Gasteiger partial charge in [0, 0.05) is 6.54 Å². The van der Waals surface area contributed by atoms with Gasteiger partial charge in [-0.25, -0.2) is 0 Å². The standard InChI is InChI=1S/C10H12ClNO3/c11-9-2-1-8(15-9)10(14)12-5-6-3-7(13)4-6/h1-2,6-7,13H,3-5H2,(H,12,14). The molecule has 1 aromatic rings. The molecule has 15 heavy (non-hydrogen) atoms. The van der Waals surface area contributed by atoms with Gasteiger partial charge in [-0.3, -0.25) is 4.79 Å². The zero-order valence-electron chi connectivity index (χ0n) is 8.07. The number of aliphatic hydroxyl groups is 1. The zero-order valence-corrected chi connectivity index (χ0v) is 8.83. The molecule has 2 rings (SSSR count). The lowest BCUT2D eigenvalue weighted by Crippen LogP contribution is -2.38. The number of hydrogen-bond donors (Lipinski definition) is 2. The first kappa shape index (κ1) is 10.5. The number of hydrogen-bond acceptors (Lipinski definition) is 3. The summed E-state index contributed by atoms with van der Waals surface area (Å²) in [6, 6.07) is 3.07. The van der Waals surface area contributed by atoms with E-state index in [1.165, 1.54) is 12.1 Å². The Morgan fingerprint density at radius 3 is 2.87 bits per heavy atom. The van der Waals surface area contributed by atoms with E-state index in [-0.39, 0.29) is 23.0 Å². The molecule has 5 heteroatoms. The second kappa shape index (κ2) is 4.24. The van der Waals surface area contributed by atoms with Crippen LogP contribution in [-0.2, 0) is 0 Å². The molecule has 0 bridgehead atoms. The van der Waals surface area contributed by atoms with Crippen LogP contribution in [0.2, 0.25) is 5.22 Å². The topological polar surface area (TPSA) is 62.5 Å². The van der Waals surface area contributed by atoms with Crippen LogP contribution in [-0.4, -0.2) is 23.7 Å². The lowest BCUT2D eigenvalue weighted by molar-refractivity contribution is 0.0417. The summed E-state index contributed by atoms with van der Waals surface area (Å²) < 4.78 is 4.95. The summed E-state index contributed by atoms with van der Waals surface area (Å²) in [4.78, 5) is 11.5. The number of nitrogens with one attached hydrogen (secondary N) is 1. The van der Waals surface area contributed by atoms with Crippen LogP contribution in [0.15, 0.2) is 16.5 Å². The molecule has 1 saturated carbocycles. The van der Waals surface area contributed by atoms with Crippen LogP contribution in [0, 0.1) is 5.92 Å². The fourth-order valence-electron chi connectivity index (χ4n) is 1.63. The molecule has 0 aliphatic heterocycles. The van der Waals surface area contributed by atoms with Crippen molar-refractivity contribution in [2.45, 2.75) is 18.9 Å². The van der Waals surface area contributed by atoms with Gasteiger partial charge in [-0.1, -0.05) is 0 Å². The van der Waals surface area contributed by atoms with Gasteiger partial charge in [0.25, 0.3) is 5.91 Å². The monoisotopic (exact) mass is 229 g/mol. The average molecular weight is 230 g/mol. The largest absolute Gasteiger partial charge is 0.440 e. The maximum absolute atomic E-state index is 11.5. The van der Waals surface area contributed by atoms with Crippen molar-refractivity contribution in [2.24, 2.45) is 5.92 Å². The highest BCUT2D eigenvalue weighted by Crippen LogP contribution is 2.26. The maximum Gasteiger partial charge on any atom is 0.287 e. The molecular formula is C10H12ClNO3. The normalized spacial score (nSPS) is 24.7.